The third-order valence-electron chi connectivity index (χ3n) is 2.15. The number of rotatable bonds is 3. The SMILES string of the molecule is Cc1cncc(Oc2ccccc2OC(F)(F)F)c1. The predicted molar refractivity (Wildman–Crippen MR) is 62.2 cm³/mol. The van der Waals surface area contributed by atoms with Gasteiger partial charge in [0.05, 0.1) is 6.20 Å². The highest BCUT2D eigenvalue weighted by atomic mass is 19.4. The second kappa shape index (κ2) is 5.17. The van der Waals surface area contributed by atoms with Crippen LogP contribution in [-0.4, -0.2) is 11.3 Å². The van der Waals surface area contributed by atoms with Crippen LogP contribution in [0.4, 0.5) is 13.2 Å². The first-order valence-electron chi connectivity index (χ1n) is 5.38. The number of halogens is 3. The average Bonchev–Trinajstić information content (AvgIpc) is 2.30. The Kier molecular flexibility index (Phi) is 3.59. The van der Waals surface area contributed by atoms with E-state index in [1.54, 1.807) is 25.3 Å². The molecule has 0 aliphatic carbocycles. The van der Waals surface area contributed by atoms with Crippen LogP contribution in [-0.2, 0) is 0 Å². The van der Waals surface area contributed by atoms with Crippen LogP contribution in [0.5, 0.6) is 17.2 Å². The number of benzene rings is 1. The highest BCUT2D eigenvalue weighted by Gasteiger charge is 2.32. The fourth-order valence-electron chi connectivity index (χ4n) is 1.45. The minimum absolute atomic E-state index is 0.0211. The normalized spacial score (nSPS) is 11.2. The quantitative estimate of drug-likeness (QED) is 0.841. The van der Waals surface area contributed by atoms with E-state index >= 15 is 0 Å². The van der Waals surface area contributed by atoms with Crippen LogP contribution in [0, 0.1) is 6.92 Å². The standard InChI is InChI=1S/C13H10F3NO2/c1-9-6-10(8-17-7-9)18-11-4-2-3-5-12(11)19-13(14,15)16/h2-8H,1H3. The van der Waals surface area contributed by atoms with E-state index in [4.69, 9.17) is 4.74 Å². The predicted octanol–water partition coefficient (Wildman–Crippen LogP) is 4.08. The van der Waals surface area contributed by atoms with Gasteiger partial charge in [-0.3, -0.25) is 4.98 Å². The molecule has 3 nitrogen and oxygen atoms in total. The fraction of sp³-hybridized carbons (Fsp3) is 0.154. The van der Waals surface area contributed by atoms with Crippen molar-refractivity contribution in [1.29, 1.82) is 0 Å². The summed E-state index contributed by atoms with van der Waals surface area (Å²) in [6.07, 6.45) is -1.73. The monoisotopic (exact) mass is 269 g/mol. The molecule has 0 saturated carbocycles. The summed E-state index contributed by atoms with van der Waals surface area (Å²) < 4.78 is 45.9. The minimum atomic E-state index is -4.76. The molecule has 0 spiro atoms. The molecule has 6 heteroatoms. The molecule has 0 saturated heterocycles. The molecule has 0 bridgehead atoms. The molecule has 0 unspecified atom stereocenters. The second-order valence-electron chi connectivity index (χ2n) is 3.79. The summed E-state index contributed by atoms with van der Waals surface area (Å²) in [5, 5.41) is 0. The van der Waals surface area contributed by atoms with Gasteiger partial charge in [0, 0.05) is 6.20 Å². The molecule has 19 heavy (non-hydrogen) atoms. The minimum Gasteiger partial charge on any atom is -0.452 e. The van der Waals surface area contributed by atoms with Gasteiger partial charge in [-0.05, 0) is 30.7 Å². The first-order chi connectivity index (χ1) is 8.94. The summed E-state index contributed by atoms with van der Waals surface area (Å²) in [5.74, 6) is -0.0676. The van der Waals surface area contributed by atoms with Crippen LogP contribution in [0.3, 0.4) is 0 Å². The average molecular weight is 269 g/mol. The number of hydrogen-bond acceptors (Lipinski definition) is 3. The molecule has 0 aliphatic heterocycles. The Morgan fingerprint density at radius 2 is 1.74 bits per heavy atom. The van der Waals surface area contributed by atoms with Crippen molar-refractivity contribution in [2.24, 2.45) is 0 Å². The summed E-state index contributed by atoms with van der Waals surface area (Å²) in [5.41, 5.74) is 0.840. The van der Waals surface area contributed by atoms with Crippen LogP contribution in [0.1, 0.15) is 5.56 Å². The molecule has 0 amide bonds. The van der Waals surface area contributed by atoms with Crippen molar-refractivity contribution in [2.45, 2.75) is 13.3 Å². The molecule has 1 aromatic carbocycles. The number of para-hydroxylation sites is 2. The molecule has 0 N–H and O–H groups in total. The van der Waals surface area contributed by atoms with Gasteiger partial charge in [0.1, 0.15) is 5.75 Å². The molecular formula is C13H10F3NO2. The molecule has 0 atom stereocenters. The summed E-state index contributed by atoms with van der Waals surface area (Å²) in [7, 11) is 0. The number of nitrogens with zero attached hydrogens (tertiary/aromatic N) is 1. The van der Waals surface area contributed by atoms with Crippen molar-refractivity contribution in [3.63, 3.8) is 0 Å². The van der Waals surface area contributed by atoms with Gasteiger partial charge < -0.3 is 9.47 Å². The Labute approximate surface area is 107 Å². The smallest absolute Gasteiger partial charge is 0.452 e. The molecular weight excluding hydrogens is 259 g/mol. The van der Waals surface area contributed by atoms with Gasteiger partial charge in [0.25, 0.3) is 0 Å². The van der Waals surface area contributed by atoms with Crippen molar-refractivity contribution in [2.75, 3.05) is 0 Å². The summed E-state index contributed by atoms with van der Waals surface area (Å²) in [4.78, 5) is 3.90. The van der Waals surface area contributed by atoms with E-state index in [9.17, 15) is 13.2 Å². The fourth-order valence-corrected chi connectivity index (χ4v) is 1.45. The maximum absolute atomic E-state index is 12.2. The van der Waals surface area contributed by atoms with E-state index in [1.165, 1.54) is 24.4 Å². The Hall–Kier alpha value is -2.24. The molecule has 2 rings (SSSR count). The van der Waals surface area contributed by atoms with Crippen molar-refractivity contribution >= 4 is 0 Å². The van der Waals surface area contributed by atoms with Crippen LogP contribution in [0.15, 0.2) is 42.7 Å². The molecule has 2 aromatic rings. The third-order valence-corrected chi connectivity index (χ3v) is 2.15. The van der Waals surface area contributed by atoms with Gasteiger partial charge in [-0.25, -0.2) is 0 Å². The van der Waals surface area contributed by atoms with E-state index < -0.39 is 12.1 Å². The number of aryl methyl sites for hydroxylation is 1. The van der Waals surface area contributed by atoms with Crippen LogP contribution < -0.4 is 9.47 Å². The van der Waals surface area contributed by atoms with Gasteiger partial charge in [-0.15, -0.1) is 13.2 Å². The number of alkyl halides is 3. The first-order valence-corrected chi connectivity index (χ1v) is 5.38. The van der Waals surface area contributed by atoms with Gasteiger partial charge in [0.15, 0.2) is 11.5 Å². The van der Waals surface area contributed by atoms with Gasteiger partial charge in [-0.2, -0.15) is 0 Å². The van der Waals surface area contributed by atoms with E-state index in [1.807, 2.05) is 0 Å². The van der Waals surface area contributed by atoms with Crippen LogP contribution in [0.2, 0.25) is 0 Å². The maximum Gasteiger partial charge on any atom is 0.573 e. The van der Waals surface area contributed by atoms with Crippen LogP contribution in [0.25, 0.3) is 0 Å². The van der Waals surface area contributed by atoms with Crippen molar-refractivity contribution in [3.05, 3.63) is 48.3 Å². The lowest BCUT2D eigenvalue weighted by Gasteiger charge is -2.13. The van der Waals surface area contributed by atoms with E-state index in [-0.39, 0.29) is 5.75 Å². The highest BCUT2D eigenvalue weighted by Crippen LogP contribution is 2.34. The molecule has 100 valence electrons. The van der Waals surface area contributed by atoms with Crippen molar-refractivity contribution < 1.29 is 22.6 Å². The lowest BCUT2D eigenvalue weighted by molar-refractivity contribution is -0.275. The van der Waals surface area contributed by atoms with E-state index in [0.717, 1.165) is 5.56 Å². The topological polar surface area (TPSA) is 31.4 Å². The molecule has 1 heterocycles. The van der Waals surface area contributed by atoms with E-state index in [0.29, 0.717) is 5.75 Å². The number of ether oxygens (including phenoxy) is 2. The Bertz CT molecular complexity index is 570. The lowest BCUT2D eigenvalue weighted by atomic mass is 10.3. The van der Waals surface area contributed by atoms with Gasteiger partial charge >= 0.3 is 6.36 Å². The van der Waals surface area contributed by atoms with Gasteiger partial charge in [-0.1, -0.05) is 12.1 Å². The summed E-state index contributed by atoms with van der Waals surface area (Å²) in [6.45, 7) is 1.80. The van der Waals surface area contributed by atoms with Crippen LogP contribution >= 0.6 is 0 Å². The Morgan fingerprint density at radius 3 is 2.37 bits per heavy atom. The van der Waals surface area contributed by atoms with E-state index in [2.05, 4.69) is 9.72 Å². The number of aromatic nitrogens is 1. The second-order valence-corrected chi connectivity index (χ2v) is 3.79. The number of hydrogen-bond donors (Lipinski definition) is 0. The highest BCUT2D eigenvalue weighted by molar-refractivity contribution is 5.42. The largest absolute Gasteiger partial charge is 0.573 e. The summed E-state index contributed by atoms with van der Waals surface area (Å²) >= 11 is 0. The molecule has 1 aromatic heterocycles. The molecule has 0 aliphatic rings. The lowest BCUT2D eigenvalue weighted by Crippen LogP contribution is -2.17. The van der Waals surface area contributed by atoms with Crippen molar-refractivity contribution in [3.8, 4) is 17.2 Å². The van der Waals surface area contributed by atoms with Crippen molar-refractivity contribution in [1.82, 2.24) is 4.98 Å². The zero-order chi connectivity index (χ0) is 13.9. The third kappa shape index (κ3) is 3.87. The number of pyridine rings is 1. The zero-order valence-electron chi connectivity index (χ0n) is 9.94. The molecule has 0 radical (unpaired) electrons. The van der Waals surface area contributed by atoms with Gasteiger partial charge in [0.2, 0.25) is 0 Å². The summed E-state index contributed by atoms with van der Waals surface area (Å²) in [6, 6.07) is 7.23. The molecule has 0 fully saturated rings. The Balaban J connectivity index is 2.25. The first kappa shape index (κ1) is 13.2. The zero-order valence-corrected chi connectivity index (χ0v) is 9.94. The maximum atomic E-state index is 12.2. The Morgan fingerprint density at radius 1 is 1.05 bits per heavy atom.